The first-order valence-corrected chi connectivity index (χ1v) is 11.9. The molecule has 0 radical (unpaired) electrons. The van der Waals surface area contributed by atoms with Crippen molar-refractivity contribution >= 4 is 29.1 Å². The van der Waals surface area contributed by atoms with Gasteiger partial charge in [0.15, 0.2) is 5.96 Å². The Balaban J connectivity index is 1.65. The van der Waals surface area contributed by atoms with Crippen LogP contribution in [-0.2, 0) is 4.74 Å². The number of nitrogens with zero attached hydrogens (tertiary/aromatic N) is 2. The van der Waals surface area contributed by atoms with Gasteiger partial charge in [0, 0.05) is 40.7 Å². The van der Waals surface area contributed by atoms with E-state index in [0.29, 0.717) is 10.8 Å². The number of morpholine rings is 1. The summed E-state index contributed by atoms with van der Waals surface area (Å²) in [6.45, 7) is 12.9. The van der Waals surface area contributed by atoms with E-state index in [0.717, 1.165) is 51.9 Å². The van der Waals surface area contributed by atoms with Crippen molar-refractivity contribution in [3.8, 4) is 0 Å². The van der Waals surface area contributed by atoms with E-state index < -0.39 is 0 Å². The minimum atomic E-state index is 0.302. The molecule has 2 atom stereocenters. The van der Waals surface area contributed by atoms with Gasteiger partial charge in [0.1, 0.15) is 0 Å². The topological polar surface area (TPSA) is 48.9 Å². The molecule has 2 aliphatic heterocycles. The van der Waals surface area contributed by atoms with E-state index in [1.807, 2.05) is 11.3 Å². The zero-order valence-electron chi connectivity index (χ0n) is 16.9. The van der Waals surface area contributed by atoms with Crippen LogP contribution in [0.25, 0.3) is 0 Å². The van der Waals surface area contributed by atoms with Crippen molar-refractivity contribution in [2.75, 3.05) is 51.7 Å². The fourth-order valence-corrected chi connectivity index (χ4v) is 5.91. The molecule has 2 saturated heterocycles. The number of hydrogen-bond donors (Lipinski definition) is 2. The third-order valence-electron chi connectivity index (χ3n) is 5.26. The van der Waals surface area contributed by atoms with Crippen LogP contribution >= 0.6 is 23.1 Å². The van der Waals surface area contributed by atoms with E-state index in [9.17, 15) is 0 Å². The maximum Gasteiger partial charge on any atom is 0.191 e. The minimum Gasteiger partial charge on any atom is -0.379 e. The second kappa shape index (κ2) is 10.1. The quantitative estimate of drug-likeness (QED) is 0.534. The van der Waals surface area contributed by atoms with Gasteiger partial charge in [0.05, 0.1) is 25.8 Å². The smallest absolute Gasteiger partial charge is 0.191 e. The third-order valence-corrected chi connectivity index (χ3v) is 7.88. The van der Waals surface area contributed by atoms with Crippen LogP contribution in [0, 0.1) is 6.92 Å². The maximum atomic E-state index is 5.56. The lowest BCUT2D eigenvalue weighted by Crippen LogP contribution is -2.46. The summed E-state index contributed by atoms with van der Waals surface area (Å²) in [6, 6.07) is 4.88. The minimum absolute atomic E-state index is 0.302. The lowest BCUT2D eigenvalue weighted by molar-refractivity contribution is 0.0177. The van der Waals surface area contributed by atoms with Gasteiger partial charge >= 0.3 is 0 Å². The average molecular weight is 411 g/mol. The lowest BCUT2D eigenvalue weighted by Gasteiger charge is -2.34. The molecule has 152 valence electrons. The second-order valence-electron chi connectivity index (χ2n) is 7.59. The van der Waals surface area contributed by atoms with E-state index in [-0.39, 0.29) is 0 Å². The standard InChI is InChI=1S/C20H34N4OS2/c1-4-21-19(23-15-20(3)8-5-13-26-20)22-14-17(18-7-6-16(2)27-18)24-9-11-25-12-10-24/h6-7,17H,4-5,8-15H2,1-3H3,(H2,21,22,23). The molecule has 2 aliphatic rings. The van der Waals surface area contributed by atoms with Gasteiger partial charge in [-0.3, -0.25) is 9.89 Å². The van der Waals surface area contributed by atoms with Crippen LogP contribution in [0.1, 0.15) is 42.5 Å². The number of aryl methyl sites for hydroxylation is 1. The summed E-state index contributed by atoms with van der Waals surface area (Å²) in [6.07, 6.45) is 2.59. The highest BCUT2D eigenvalue weighted by atomic mass is 32.2. The van der Waals surface area contributed by atoms with E-state index >= 15 is 0 Å². The summed E-state index contributed by atoms with van der Waals surface area (Å²) in [5, 5.41) is 7.05. The molecule has 27 heavy (non-hydrogen) atoms. The number of aliphatic imine (C=N–C) groups is 1. The Bertz CT molecular complexity index is 607. The molecule has 0 amide bonds. The predicted octanol–water partition coefficient (Wildman–Crippen LogP) is 3.27. The molecule has 1 aromatic heterocycles. The van der Waals surface area contributed by atoms with Crippen molar-refractivity contribution in [1.29, 1.82) is 0 Å². The number of nitrogens with one attached hydrogen (secondary N) is 2. The molecule has 0 aliphatic carbocycles. The Morgan fingerprint density at radius 2 is 2.15 bits per heavy atom. The normalized spacial score (nSPS) is 25.5. The molecule has 2 N–H and O–H groups in total. The predicted molar refractivity (Wildman–Crippen MR) is 118 cm³/mol. The number of rotatable bonds is 7. The zero-order chi connectivity index (χ0) is 19.1. The van der Waals surface area contributed by atoms with Crippen LogP contribution in [0.15, 0.2) is 17.1 Å². The van der Waals surface area contributed by atoms with E-state index in [1.165, 1.54) is 28.3 Å². The van der Waals surface area contributed by atoms with Crippen LogP contribution in [0.5, 0.6) is 0 Å². The molecular weight excluding hydrogens is 376 g/mol. The van der Waals surface area contributed by atoms with Gasteiger partial charge in [-0.1, -0.05) is 0 Å². The Morgan fingerprint density at radius 1 is 1.33 bits per heavy atom. The first-order valence-electron chi connectivity index (χ1n) is 10.1. The summed E-state index contributed by atoms with van der Waals surface area (Å²) in [5.74, 6) is 2.21. The van der Waals surface area contributed by atoms with Crippen molar-refractivity contribution in [2.45, 2.75) is 44.4 Å². The zero-order valence-corrected chi connectivity index (χ0v) is 18.6. The number of thiophene rings is 1. The highest BCUT2D eigenvalue weighted by Crippen LogP contribution is 2.37. The van der Waals surface area contributed by atoms with Gasteiger partial charge in [-0.15, -0.1) is 11.3 Å². The van der Waals surface area contributed by atoms with Crippen LogP contribution in [0.2, 0.25) is 0 Å². The van der Waals surface area contributed by atoms with Crippen LogP contribution < -0.4 is 10.6 Å². The average Bonchev–Trinajstić information content (AvgIpc) is 3.30. The van der Waals surface area contributed by atoms with Crippen LogP contribution in [0.3, 0.4) is 0 Å². The molecule has 0 saturated carbocycles. The van der Waals surface area contributed by atoms with Crippen LogP contribution in [-0.4, -0.2) is 67.3 Å². The molecule has 0 aromatic carbocycles. The molecule has 2 unspecified atom stereocenters. The molecule has 3 rings (SSSR count). The Labute approximate surface area is 172 Å². The number of hydrogen-bond acceptors (Lipinski definition) is 5. The van der Waals surface area contributed by atoms with Gasteiger partial charge in [-0.25, -0.2) is 0 Å². The molecule has 7 heteroatoms. The van der Waals surface area contributed by atoms with Crippen LogP contribution in [0.4, 0.5) is 0 Å². The SMILES string of the molecule is CCNC(=NCC1(C)CCCS1)NCC(c1ccc(C)s1)N1CCOCC1. The van der Waals surface area contributed by atoms with Crippen molar-refractivity contribution in [3.63, 3.8) is 0 Å². The fourth-order valence-electron chi connectivity index (χ4n) is 3.67. The number of thioether (sulfide) groups is 1. The summed E-state index contributed by atoms with van der Waals surface area (Å²) in [4.78, 5) is 10.3. The number of guanidine groups is 1. The highest BCUT2D eigenvalue weighted by molar-refractivity contribution is 8.00. The molecule has 1 aromatic rings. The summed E-state index contributed by atoms with van der Waals surface area (Å²) < 4.78 is 5.87. The molecule has 0 spiro atoms. The second-order valence-corrected chi connectivity index (χ2v) is 10.6. The lowest BCUT2D eigenvalue weighted by atomic mass is 10.1. The Morgan fingerprint density at radius 3 is 2.78 bits per heavy atom. The van der Waals surface area contributed by atoms with E-state index in [1.54, 1.807) is 0 Å². The molecule has 5 nitrogen and oxygen atoms in total. The monoisotopic (exact) mass is 410 g/mol. The van der Waals surface area contributed by atoms with Crippen molar-refractivity contribution < 1.29 is 4.74 Å². The van der Waals surface area contributed by atoms with Crippen molar-refractivity contribution in [3.05, 3.63) is 21.9 Å². The Hall–Kier alpha value is -0.760. The largest absolute Gasteiger partial charge is 0.379 e. The number of ether oxygens (including phenoxy) is 1. The molecule has 2 fully saturated rings. The summed E-state index contributed by atoms with van der Waals surface area (Å²) >= 11 is 3.97. The van der Waals surface area contributed by atoms with Gasteiger partial charge in [-0.05, 0) is 51.5 Å². The van der Waals surface area contributed by atoms with Crippen molar-refractivity contribution in [1.82, 2.24) is 15.5 Å². The van der Waals surface area contributed by atoms with Gasteiger partial charge in [0.2, 0.25) is 0 Å². The first kappa shape index (κ1) is 21.0. The van der Waals surface area contributed by atoms with Gasteiger partial charge < -0.3 is 15.4 Å². The van der Waals surface area contributed by atoms with E-state index in [2.05, 4.69) is 60.2 Å². The Kier molecular flexibility index (Phi) is 7.87. The van der Waals surface area contributed by atoms with Gasteiger partial charge in [-0.2, -0.15) is 11.8 Å². The third kappa shape index (κ3) is 6.11. The van der Waals surface area contributed by atoms with Crippen molar-refractivity contribution in [2.24, 2.45) is 4.99 Å². The first-order chi connectivity index (χ1) is 13.1. The fraction of sp³-hybridized carbons (Fsp3) is 0.750. The molecule has 3 heterocycles. The molecular formula is C20H34N4OS2. The summed E-state index contributed by atoms with van der Waals surface area (Å²) in [7, 11) is 0. The summed E-state index contributed by atoms with van der Waals surface area (Å²) in [5.41, 5.74) is 0. The van der Waals surface area contributed by atoms with E-state index in [4.69, 9.17) is 9.73 Å². The highest BCUT2D eigenvalue weighted by Gasteiger charge is 2.29. The molecule has 0 bridgehead atoms. The maximum absolute atomic E-state index is 5.56. The van der Waals surface area contributed by atoms with Gasteiger partial charge in [0.25, 0.3) is 0 Å².